The van der Waals surface area contributed by atoms with Gasteiger partial charge in [0, 0.05) is 111 Å². The quantitative estimate of drug-likeness (QED) is 0.181. The summed E-state index contributed by atoms with van der Waals surface area (Å²) in [5.74, 6) is -2.05. The van der Waals surface area contributed by atoms with Crippen LogP contribution in [0.2, 0.25) is 0 Å². The molecule has 6 bridgehead atoms. The molecule has 0 saturated carbocycles. The monoisotopic (exact) mass is 940 g/mol. The van der Waals surface area contributed by atoms with Crippen molar-refractivity contribution < 1.29 is 33.4 Å². The fraction of sp³-hybridized carbons (Fsp3) is 0.571. The Morgan fingerprint density at radius 2 is 1.81 bits per heavy atom. The third-order valence-corrected chi connectivity index (χ3v) is 14.3. The first-order valence-corrected chi connectivity index (χ1v) is 24.5. The number of urea groups is 1. The second-order valence-electron chi connectivity index (χ2n) is 19.3. The number of hydrazine groups is 1. The number of methoxy groups -OCH3 is 1. The van der Waals surface area contributed by atoms with Gasteiger partial charge in [-0.05, 0) is 68.9 Å². The van der Waals surface area contributed by atoms with Crippen LogP contribution in [-0.4, -0.2) is 142 Å². The predicted octanol–water partition coefficient (Wildman–Crippen LogP) is 5.02. The van der Waals surface area contributed by atoms with Crippen LogP contribution < -0.4 is 16.5 Å². The average Bonchev–Trinajstić information content (AvgIpc) is 3.92. The Bertz CT molecular complexity index is 2460. The van der Waals surface area contributed by atoms with Gasteiger partial charge in [-0.3, -0.25) is 29.2 Å². The molecule has 4 N–H and O–H groups in total. The van der Waals surface area contributed by atoms with Gasteiger partial charge in [-0.25, -0.2) is 15.2 Å². The number of esters is 1. The van der Waals surface area contributed by atoms with Crippen LogP contribution in [0.5, 0.6) is 0 Å². The number of thiazole rings is 1. The lowest BCUT2D eigenvalue weighted by atomic mass is 9.84. The molecule has 5 amide bonds. The zero-order valence-corrected chi connectivity index (χ0v) is 41.3. The smallest absolute Gasteiger partial charge is 0.324 e. The zero-order chi connectivity index (χ0) is 48.3. The van der Waals surface area contributed by atoms with Crippen molar-refractivity contribution in [3.8, 4) is 22.5 Å². The van der Waals surface area contributed by atoms with Crippen molar-refractivity contribution in [3.05, 3.63) is 58.2 Å². The minimum Gasteiger partial charge on any atom is -0.464 e. The number of ether oxygens (including phenoxy) is 2. The molecule has 67 heavy (non-hydrogen) atoms. The number of fused-ring (bicyclic) bond motifs is 6. The summed E-state index contributed by atoms with van der Waals surface area (Å²) < 4.78 is 14.2. The van der Waals surface area contributed by atoms with Gasteiger partial charge in [0.15, 0.2) is 0 Å². The van der Waals surface area contributed by atoms with Crippen molar-refractivity contribution in [2.45, 2.75) is 105 Å². The van der Waals surface area contributed by atoms with E-state index in [1.54, 1.807) is 37.1 Å². The summed E-state index contributed by atoms with van der Waals surface area (Å²) in [6, 6.07) is 7.25. The van der Waals surface area contributed by atoms with Crippen LogP contribution in [0.1, 0.15) is 83.7 Å². The van der Waals surface area contributed by atoms with E-state index in [1.165, 1.54) is 21.2 Å². The standard InChI is InChI=1S/C49H68N10O7S/c1-10-58-39-16-15-32-23-34(39)35(43(58)33-13-11-17-51-41(33)31(5)65-9)25-49(6,7)28-66-47(63)36-14-12-18-59(54-36)46(62)37(24-40-52-38(32)27-67-40)53-44(60)42(29(2)3)55(8)48(64)57-21-19-56(20-22-57)45(61)30(4)26-50/h11,13,15-17,23,27,29-31,36-37,42,54H,10,12,14,18-22,24-26,28,50H2,1-9H3,(H,53,60)/t30-,31-,36-,37-,42-/m0/s1. The number of aromatic nitrogens is 3. The summed E-state index contributed by atoms with van der Waals surface area (Å²) in [5.41, 5.74) is 15.0. The van der Waals surface area contributed by atoms with E-state index in [-0.39, 0.29) is 49.5 Å². The number of nitrogens with one attached hydrogen (secondary N) is 2. The van der Waals surface area contributed by atoms with Gasteiger partial charge >= 0.3 is 12.0 Å². The van der Waals surface area contributed by atoms with E-state index in [0.717, 1.165) is 44.7 Å². The molecular weight excluding hydrogens is 873 g/mol. The lowest BCUT2D eigenvalue weighted by molar-refractivity contribution is -0.155. The van der Waals surface area contributed by atoms with Crippen molar-refractivity contribution >= 4 is 52.0 Å². The highest BCUT2D eigenvalue weighted by atomic mass is 32.1. The number of carbonyl (C=O) groups is 5. The molecule has 0 aliphatic carbocycles. The van der Waals surface area contributed by atoms with Crippen LogP contribution in [0.4, 0.5) is 4.79 Å². The molecular formula is C49H68N10O7S. The first kappa shape index (κ1) is 49.5. The van der Waals surface area contributed by atoms with Gasteiger partial charge in [-0.15, -0.1) is 11.3 Å². The van der Waals surface area contributed by atoms with Gasteiger partial charge in [0.05, 0.1) is 34.8 Å². The molecule has 17 nitrogen and oxygen atoms in total. The third kappa shape index (κ3) is 10.5. The molecule has 6 heterocycles. The molecule has 4 aromatic rings. The SMILES string of the molecule is CCn1c(-c2cccnc2[C@H](C)OC)c2c3cc(ccc31)-c1csc(n1)C[C@H](NC(=O)[C@H](C(C)C)N(C)C(=O)N1CCN(C(=O)[C@@H](C)CN)CC1)C(=O)N1CCC[C@H](N1)C(=O)OCC(C)(C)C2. The molecule has 1 aromatic carbocycles. The summed E-state index contributed by atoms with van der Waals surface area (Å²) in [6.45, 7) is 16.6. The summed E-state index contributed by atoms with van der Waals surface area (Å²) >= 11 is 1.41. The van der Waals surface area contributed by atoms with Crippen molar-refractivity contribution in [1.29, 1.82) is 0 Å². The number of pyridine rings is 1. The maximum absolute atomic E-state index is 14.6. The summed E-state index contributed by atoms with van der Waals surface area (Å²) in [5, 5.41) is 8.10. The van der Waals surface area contributed by atoms with Crippen molar-refractivity contribution in [2.24, 2.45) is 23.0 Å². The van der Waals surface area contributed by atoms with Gasteiger partial charge in [-0.1, -0.05) is 40.7 Å². The molecule has 0 radical (unpaired) electrons. The first-order valence-electron chi connectivity index (χ1n) is 23.6. The lowest BCUT2D eigenvalue weighted by Crippen LogP contribution is -2.63. The van der Waals surface area contributed by atoms with Crippen LogP contribution in [0.25, 0.3) is 33.4 Å². The molecule has 2 saturated heterocycles. The highest BCUT2D eigenvalue weighted by molar-refractivity contribution is 7.10. The summed E-state index contributed by atoms with van der Waals surface area (Å²) in [7, 11) is 3.28. The number of rotatable bonds is 10. The topological polar surface area (TPSA) is 198 Å². The Morgan fingerprint density at radius 3 is 2.49 bits per heavy atom. The normalized spacial score (nSPS) is 20.6. The predicted molar refractivity (Wildman–Crippen MR) is 257 cm³/mol. The fourth-order valence-corrected chi connectivity index (χ4v) is 10.5. The van der Waals surface area contributed by atoms with Gasteiger partial charge < -0.3 is 39.8 Å². The van der Waals surface area contributed by atoms with E-state index in [1.807, 2.05) is 32.2 Å². The molecule has 5 atom stereocenters. The Hall–Kier alpha value is -5.43. The summed E-state index contributed by atoms with van der Waals surface area (Å²) in [6.07, 6.45) is 3.18. The maximum atomic E-state index is 14.6. The number of hydrogen-bond acceptors (Lipinski definition) is 12. The molecule has 3 aliphatic rings. The second kappa shape index (κ2) is 20.8. The molecule has 0 spiro atoms. The van der Waals surface area contributed by atoms with E-state index in [0.29, 0.717) is 63.5 Å². The number of likely N-dealkylation sites (N-methyl/N-ethyl adjacent to an activating group) is 1. The minimum atomic E-state index is -1.09. The van der Waals surface area contributed by atoms with Crippen LogP contribution in [0.15, 0.2) is 41.9 Å². The highest BCUT2D eigenvalue weighted by Gasteiger charge is 2.39. The molecule has 18 heteroatoms. The lowest BCUT2D eigenvalue weighted by Gasteiger charge is -2.40. The van der Waals surface area contributed by atoms with E-state index in [2.05, 4.69) is 60.3 Å². The van der Waals surface area contributed by atoms with Crippen LogP contribution in [-0.2, 0) is 48.0 Å². The number of aryl methyl sites for hydroxylation is 1. The van der Waals surface area contributed by atoms with Crippen LogP contribution in [0.3, 0.4) is 0 Å². The van der Waals surface area contributed by atoms with Gasteiger partial charge in [0.25, 0.3) is 5.91 Å². The Balaban J connectivity index is 1.23. The summed E-state index contributed by atoms with van der Waals surface area (Å²) in [4.78, 5) is 84.5. The average molecular weight is 941 g/mol. The zero-order valence-electron chi connectivity index (χ0n) is 40.5. The highest BCUT2D eigenvalue weighted by Crippen LogP contribution is 2.42. The van der Waals surface area contributed by atoms with Crippen molar-refractivity contribution in [3.63, 3.8) is 0 Å². The van der Waals surface area contributed by atoms with Crippen LogP contribution >= 0.6 is 11.3 Å². The first-order chi connectivity index (χ1) is 32.0. The number of hydrogen-bond donors (Lipinski definition) is 3. The number of benzene rings is 1. The number of cyclic esters (lactones) is 1. The number of amides is 5. The number of nitrogens with zero attached hydrogens (tertiary/aromatic N) is 7. The molecule has 362 valence electrons. The largest absolute Gasteiger partial charge is 0.464 e. The van der Waals surface area contributed by atoms with Crippen molar-refractivity contribution in [2.75, 3.05) is 60.0 Å². The Kier molecular flexibility index (Phi) is 15.4. The Morgan fingerprint density at radius 1 is 1.07 bits per heavy atom. The number of nitrogens with two attached hydrogens (primary N) is 1. The van der Waals surface area contributed by atoms with Gasteiger partial charge in [0.1, 0.15) is 18.1 Å². The molecule has 3 aromatic heterocycles. The molecule has 0 unspecified atom stereocenters. The second-order valence-corrected chi connectivity index (χ2v) is 20.2. The van der Waals surface area contributed by atoms with E-state index >= 15 is 0 Å². The number of piperazine rings is 1. The van der Waals surface area contributed by atoms with E-state index in [9.17, 15) is 24.0 Å². The molecule has 2 fully saturated rings. The van der Waals surface area contributed by atoms with E-state index < -0.39 is 41.3 Å². The van der Waals surface area contributed by atoms with E-state index in [4.69, 9.17) is 25.2 Å². The Labute approximate surface area is 397 Å². The van der Waals surface area contributed by atoms with Crippen molar-refractivity contribution in [1.82, 2.24) is 45.0 Å². The molecule has 3 aliphatic heterocycles. The molecule has 7 rings (SSSR count). The van der Waals surface area contributed by atoms with Gasteiger partial charge in [0.2, 0.25) is 11.8 Å². The number of carbonyl (C=O) groups excluding carboxylic acids is 5. The van der Waals surface area contributed by atoms with Crippen LogP contribution in [0, 0.1) is 17.3 Å². The fourth-order valence-electron chi connectivity index (χ4n) is 9.62. The minimum absolute atomic E-state index is 0.0426. The third-order valence-electron chi connectivity index (χ3n) is 13.4. The maximum Gasteiger partial charge on any atom is 0.324 e. The van der Waals surface area contributed by atoms with Gasteiger partial charge in [-0.2, -0.15) is 0 Å².